The van der Waals surface area contributed by atoms with Gasteiger partial charge < -0.3 is 14.2 Å². The van der Waals surface area contributed by atoms with Crippen molar-refractivity contribution in [1.82, 2.24) is 0 Å². The second kappa shape index (κ2) is 12.3. The highest BCUT2D eigenvalue weighted by Gasteiger charge is 2.13. The van der Waals surface area contributed by atoms with Crippen molar-refractivity contribution in [3.63, 3.8) is 0 Å². The Morgan fingerprint density at radius 2 is 1.75 bits per heavy atom. The molecule has 2 rings (SSSR count). The summed E-state index contributed by atoms with van der Waals surface area (Å²) in [4.78, 5) is 0. The molecule has 1 fully saturated rings. The molecule has 1 aromatic carbocycles. The Bertz CT molecular complexity index is 410. The van der Waals surface area contributed by atoms with Crippen LogP contribution in [-0.4, -0.2) is 26.1 Å². The van der Waals surface area contributed by atoms with E-state index in [1.165, 1.54) is 56.9 Å². The highest BCUT2D eigenvalue weighted by molar-refractivity contribution is 5.27. The van der Waals surface area contributed by atoms with E-state index in [-0.39, 0.29) is 6.29 Å². The van der Waals surface area contributed by atoms with Gasteiger partial charge in [-0.25, -0.2) is 0 Å². The standard InChI is InChI=1S/C21H34O3/c1-2-3-4-5-6-7-10-19-12-14-20(15-13-19)22-17-18-24-21-11-8-9-16-23-21/h12-15,21H,2-11,16-18H2,1H3. The van der Waals surface area contributed by atoms with Crippen LogP contribution in [0.4, 0.5) is 0 Å². The summed E-state index contributed by atoms with van der Waals surface area (Å²) < 4.78 is 17.0. The Hall–Kier alpha value is -1.06. The molecule has 0 N–H and O–H groups in total. The van der Waals surface area contributed by atoms with Gasteiger partial charge in [-0.2, -0.15) is 0 Å². The van der Waals surface area contributed by atoms with E-state index in [1.54, 1.807) is 0 Å². The van der Waals surface area contributed by atoms with Crippen LogP contribution in [0, 0.1) is 0 Å². The molecule has 1 unspecified atom stereocenters. The van der Waals surface area contributed by atoms with Gasteiger partial charge in [0.1, 0.15) is 12.4 Å². The minimum Gasteiger partial charge on any atom is -0.491 e. The fourth-order valence-corrected chi connectivity index (χ4v) is 3.04. The predicted molar refractivity (Wildman–Crippen MR) is 98.6 cm³/mol. The number of ether oxygens (including phenoxy) is 3. The number of rotatable bonds is 12. The molecule has 0 radical (unpaired) electrons. The van der Waals surface area contributed by atoms with Crippen LogP contribution in [0.1, 0.15) is 70.3 Å². The van der Waals surface area contributed by atoms with E-state index in [0.717, 1.165) is 25.2 Å². The maximum Gasteiger partial charge on any atom is 0.157 e. The van der Waals surface area contributed by atoms with Crippen LogP contribution >= 0.6 is 0 Å². The Morgan fingerprint density at radius 1 is 0.958 bits per heavy atom. The first-order valence-electron chi connectivity index (χ1n) is 9.83. The molecular weight excluding hydrogens is 300 g/mol. The SMILES string of the molecule is CCCCCCCCc1ccc(OCCOC2CCCCO2)cc1. The lowest BCUT2D eigenvalue weighted by atomic mass is 10.0. The van der Waals surface area contributed by atoms with E-state index >= 15 is 0 Å². The number of aryl methyl sites for hydroxylation is 1. The summed E-state index contributed by atoms with van der Waals surface area (Å²) in [6.07, 6.45) is 12.6. The van der Waals surface area contributed by atoms with Gasteiger partial charge in [0.2, 0.25) is 0 Å². The zero-order valence-corrected chi connectivity index (χ0v) is 15.3. The van der Waals surface area contributed by atoms with E-state index in [0.29, 0.717) is 13.2 Å². The van der Waals surface area contributed by atoms with Crippen LogP contribution in [0.25, 0.3) is 0 Å². The summed E-state index contributed by atoms with van der Waals surface area (Å²) in [7, 11) is 0. The number of unbranched alkanes of at least 4 members (excludes halogenated alkanes) is 5. The summed E-state index contributed by atoms with van der Waals surface area (Å²) in [5.41, 5.74) is 1.41. The van der Waals surface area contributed by atoms with Gasteiger partial charge in [0.15, 0.2) is 6.29 Å². The van der Waals surface area contributed by atoms with Crippen LogP contribution in [0.3, 0.4) is 0 Å². The molecule has 1 aromatic rings. The summed E-state index contributed by atoms with van der Waals surface area (Å²) in [5, 5.41) is 0. The third-order valence-corrected chi connectivity index (χ3v) is 4.54. The molecule has 0 amide bonds. The number of benzene rings is 1. The average Bonchev–Trinajstić information content (AvgIpc) is 2.64. The van der Waals surface area contributed by atoms with Crippen LogP contribution in [-0.2, 0) is 15.9 Å². The molecule has 1 heterocycles. The molecule has 0 saturated carbocycles. The van der Waals surface area contributed by atoms with E-state index in [2.05, 4.69) is 31.2 Å². The molecule has 136 valence electrons. The van der Waals surface area contributed by atoms with Crippen molar-refractivity contribution in [3.8, 4) is 5.75 Å². The van der Waals surface area contributed by atoms with Crippen molar-refractivity contribution in [1.29, 1.82) is 0 Å². The van der Waals surface area contributed by atoms with Crippen molar-refractivity contribution < 1.29 is 14.2 Å². The normalized spacial score (nSPS) is 17.8. The second-order valence-corrected chi connectivity index (χ2v) is 6.68. The Kier molecular flexibility index (Phi) is 9.89. The smallest absolute Gasteiger partial charge is 0.157 e. The van der Waals surface area contributed by atoms with Crippen molar-refractivity contribution in [2.45, 2.75) is 77.4 Å². The van der Waals surface area contributed by atoms with Crippen LogP contribution in [0.15, 0.2) is 24.3 Å². The lowest BCUT2D eigenvalue weighted by Crippen LogP contribution is -2.24. The fraction of sp³-hybridized carbons (Fsp3) is 0.714. The molecule has 0 spiro atoms. The molecule has 3 nitrogen and oxygen atoms in total. The molecule has 1 aliphatic heterocycles. The summed E-state index contributed by atoms with van der Waals surface area (Å²) in [5.74, 6) is 0.926. The Morgan fingerprint density at radius 3 is 2.50 bits per heavy atom. The summed E-state index contributed by atoms with van der Waals surface area (Å²) >= 11 is 0. The van der Waals surface area contributed by atoms with E-state index < -0.39 is 0 Å². The first-order chi connectivity index (χ1) is 11.9. The van der Waals surface area contributed by atoms with Crippen LogP contribution in [0.2, 0.25) is 0 Å². The van der Waals surface area contributed by atoms with E-state index in [4.69, 9.17) is 14.2 Å². The molecule has 1 aliphatic rings. The van der Waals surface area contributed by atoms with Crippen LogP contribution < -0.4 is 4.74 Å². The highest BCUT2D eigenvalue weighted by atomic mass is 16.7. The van der Waals surface area contributed by atoms with Crippen molar-refractivity contribution in [3.05, 3.63) is 29.8 Å². The van der Waals surface area contributed by atoms with Gasteiger partial charge >= 0.3 is 0 Å². The summed E-state index contributed by atoms with van der Waals surface area (Å²) in [6.45, 7) is 4.26. The Labute approximate surface area is 147 Å². The molecule has 0 aliphatic carbocycles. The largest absolute Gasteiger partial charge is 0.491 e. The van der Waals surface area contributed by atoms with Gasteiger partial charge in [0.05, 0.1) is 6.61 Å². The quantitative estimate of drug-likeness (QED) is 0.472. The Balaban J connectivity index is 1.53. The minimum absolute atomic E-state index is 0.0259. The number of hydrogen-bond acceptors (Lipinski definition) is 3. The maximum atomic E-state index is 5.74. The molecule has 1 atom stereocenters. The van der Waals surface area contributed by atoms with Crippen LogP contribution in [0.5, 0.6) is 5.75 Å². The molecule has 3 heteroatoms. The molecule has 1 saturated heterocycles. The third kappa shape index (κ3) is 8.16. The molecule has 0 aromatic heterocycles. The van der Waals surface area contributed by atoms with Crippen molar-refractivity contribution in [2.24, 2.45) is 0 Å². The molecular formula is C21H34O3. The first-order valence-corrected chi connectivity index (χ1v) is 9.83. The van der Waals surface area contributed by atoms with Gasteiger partial charge in [0, 0.05) is 6.61 Å². The fourth-order valence-electron chi connectivity index (χ4n) is 3.04. The van der Waals surface area contributed by atoms with E-state index in [9.17, 15) is 0 Å². The van der Waals surface area contributed by atoms with Gasteiger partial charge in [0.25, 0.3) is 0 Å². The maximum absolute atomic E-state index is 5.74. The number of hydrogen-bond donors (Lipinski definition) is 0. The van der Waals surface area contributed by atoms with E-state index in [1.807, 2.05) is 0 Å². The summed E-state index contributed by atoms with van der Waals surface area (Å²) in [6, 6.07) is 8.52. The topological polar surface area (TPSA) is 27.7 Å². The average molecular weight is 335 g/mol. The van der Waals surface area contributed by atoms with Gasteiger partial charge in [-0.1, -0.05) is 51.2 Å². The third-order valence-electron chi connectivity index (χ3n) is 4.54. The first kappa shape index (κ1) is 19.3. The van der Waals surface area contributed by atoms with Crippen molar-refractivity contribution >= 4 is 0 Å². The zero-order chi connectivity index (χ0) is 16.9. The molecule has 0 bridgehead atoms. The second-order valence-electron chi connectivity index (χ2n) is 6.68. The lowest BCUT2D eigenvalue weighted by Gasteiger charge is -2.22. The minimum atomic E-state index is -0.0259. The van der Waals surface area contributed by atoms with Gasteiger partial charge in [-0.3, -0.25) is 0 Å². The molecule has 24 heavy (non-hydrogen) atoms. The van der Waals surface area contributed by atoms with Crippen molar-refractivity contribution in [2.75, 3.05) is 19.8 Å². The highest BCUT2D eigenvalue weighted by Crippen LogP contribution is 2.16. The predicted octanol–water partition coefficient (Wildman–Crippen LogP) is 5.51. The lowest BCUT2D eigenvalue weighted by molar-refractivity contribution is -0.165. The van der Waals surface area contributed by atoms with Gasteiger partial charge in [-0.05, 0) is 49.8 Å². The van der Waals surface area contributed by atoms with Gasteiger partial charge in [-0.15, -0.1) is 0 Å². The monoisotopic (exact) mass is 334 g/mol. The zero-order valence-electron chi connectivity index (χ0n) is 15.3.